The third-order valence-electron chi connectivity index (χ3n) is 6.60. The lowest BCUT2D eigenvalue weighted by atomic mass is 10.1. The van der Waals surface area contributed by atoms with Gasteiger partial charge in [0.2, 0.25) is 12.3 Å². The number of hydrogen-bond acceptors (Lipinski definition) is 10. The summed E-state index contributed by atoms with van der Waals surface area (Å²) in [5.74, 6) is 0.804. The Balaban J connectivity index is 1.84. The van der Waals surface area contributed by atoms with E-state index in [0.29, 0.717) is 56.3 Å². The van der Waals surface area contributed by atoms with Crippen LogP contribution in [0.2, 0.25) is 0 Å². The largest absolute Gasteiger partial charge is 0.428 e. The lowest BCUT2D eigenvalue weighted by molar-refractivity contribution is -0.384. The van der Waals surface area contributed by atoms with Gasteiger partial charge in [-0.15, -0.1) is 10.2 Å². The van der Waals surface area contributed by atoms with Gasteiger partial charge in [-0.05, 0) is 24.9 Å². The number of non-ortho nitro benzene ring substituents is 1. The molecule has 1 aromatic carbocycles. The summed E-state index contributed by atoms with van der Waals surface area (Å²) in [6.45, 7) is 6.40. The molecule has 39 heavy (non-hydrogen) atoms. The summed E-state index contributed by atoms with van der Waals surface area (Å²) in [4.78, 5) is 44.7. The second-order valence-electron chi connectivity index (χ2n) is 9.09. The first kappa shape index (κ1) is 27.9. The van der Waals surface area contributed by atoms with E-state index in [0.717, 1.165) is 0 Å². The van der Waals surface area contributed by atoms with Gasteiger partial charge in [0, 0.05) is 44.9 Å². The lowest BCUT2D eigenvalue weighted by Gasteiger charge is -2.20. The van der Waals surface area contributed by atoms with Gasteiger partial charge in [0.05, 0.1) is 18.0 Å². The van der Waals surface area contributed by atoms with Gasteiger partial charge < -0.3 is 14.1 Å². The van der Waals surface area contributed by atoms with Crippen LogP contribution in [0.4, 0.5) is 5.69 Å². The van der Waals surface area contributed by atoms with Crippen molar-refractivity contribution in [3.8, 4) is 0 Å². The average Bonchev–Trinajstić information content (AvgIpc) is 3.57. The first-order valence-electron chi connectivity index (χ1n) is 12.9. The predicted octanol–water partition coefficient (Wildman–Crippen LogP) is 1.21. The Labute approximate surface area is 223 Å². The molecule has 0 aliphatic carbocycles. The van der Waals surface area contributed by atoms with Crippen LogP contribution in [-0.2, 0) is 32.5 Å². The summed E-state index contributed by atoms with van der Waals surface area (Å²) in [6.07, 6.45) is 2.28. The van der Waals surface area contributed by atoms with Crippen LogP contribution in [0.15, 0.2) is 44.7 Å². The van der Waals surface area contributed by atoms with Crippen LogP contribution in [0.3, 0.4) is 0 Å². The van der Waals surface area contributed by atoms with Crippen molar-refractivity contribution in [1.29, 1.82) is 0 Å². The number of rotatable bonds is 14. The molecule has 3 heterocycles. The third-order valence-corrected chi connectivity index (χ3v) is 6.60. The summed E-state index contributed by atoms with van der Waals surface area (Å²) < 4.78 is 9.80. The maximum absolute atomic E-state index is 13.7. The number of aromatic nitrogens is 6. The number of imidazole rings is 1. The molecule has 4 aromatic rings. The highest BCUT2D eigenvalue weighted by atomic mass is 16.6. The minimum Gasteiger partial charge on any atom is -0.428 e. The van der Waals surface area contributed by atoms with Crippen LogP contribution in [0.25, 0.3) is 11.2 Å². The van der Waals surface area contributed by atoms with E-state index in [1.807, 2.05) is 18.7 Å². The summed E-state index contributed by atoms with van der Waals surface area (Å²) in [7, 11) is 0. The molecule has 0 fully saturated rings. The highest BCUT2D eigenvalue weighted by molar-refractivity contribution is 5.71. The molecule has 0 saturated heterocycles. The Morgan fingerprint density at radius 1 is 1.10 bits per heavy atom. The second kappa shape index (κ2) is 12.6. The number of aryl methyl sites for hydroxylation is 2. The van der Waals surface area contributed by atoms with E-state index < -0.39 is 16.2 Å². The fraction of sp³-hybridized carbons (Fsp3) is 0.480. The van der Waals surface area contributed by atoms with Crippen molar-refractivity contribution in [3.63, 3.8) is 0 Å². The zero-order chi connectivity index (χ0) is 27.9. The summed E-state index contributed by atoms with van der Waals surface area (Å²) >= 11 is 0. The quantitative estimate of drug-likeness (QED) is 0.181. The molecule has 0 amide bonds. The molecule has 0 atom stereocenters. The van der Waals surface area contributed by atoms with Crippen molar-refractivity contribution >= 4 is 16.9 Å². The van der Waals surface area contributed by atoms with Crippen molar-refractivity contribution in [1.82, 2.24) is 33.8 Å². The van der Waals surface area contributed by atoms with Crippen molar-refractivity contribution in [2.45, 2.75) is 52.7 Å². The topological polar surface area (TPSA) is 167 Å². The minimum atomic E-state index is -0.482. The predicted molar refractivity (Wildman–Crippen MR) is 142 cm³/mol. The van der Waals surface area contributed by atoms with Crippen LogP contribution in [0.5, 0.6) is 0 Å². The number of fused-ring (bicyclic) bond motifs is 1. The van der Waals surface area contributed by atoms with Crippen molar-refractivity contribution < 1.29 is 14.4 Å². The number of nitro benzene ring substituents is 1. The van der Waals surface area contributed by atoms with Crippen LogP contribution in [0.1, 0.15) is 37.5 Å². The molecule has 3 aromatic heterocycles. The molecule has 0 radical (unpaired) electrons. The number of aliphatic hydroxyl groups is 1. The summed E-state index contributed by atoms with van der Waals surface area (Å²) in [6, 6.07) is 6.26. The molecule has 0 saturated carbocycles. The number of hydrogen-bond donors (Lipinski definition) is 1. The molecule has 208 valence electrons. The maximum Gasteiger partial charge on any atom is 0.332 e. The van der Waals surface area contributed by atoms with Gasteiger partial charge in [0.1, 0.15) is 5.82 Å². The molecule has 4 rings (SSSR count). The average molecular weight is 541 g/mol. The molecule has 0 spiro atoms. The Kier molecular flexibility index (Phi) is 8.99. The maximum atomic E-state index is 13.7. The van der Waals surface area contributed by atoms with Gasteiger partial charge in [0.15, 0.2) is 11.2 Å². The molecule has 0 bridgehead atoms. The molecule has 1 N–H and O–H groups in total. The SMILES string of the molecule is CCCn1c(=O)c2c(nc(Cc3nnco3)n2CCN(CC)CCO)n(CCc2cccc([N+](=O)[O-])c2)c1=O. The van der Waals surface area contributed by atoms with Crippen molar-refractivity contribution in [2.75, 3.05) is 26.2 Å². The third kappa shape index (κ3) is 6.12. The van der Waals surface area contributed by atoms with Gasteiger partial charge in [-0.3, -0.25) is 28.9 Å². The van der Waals surface area contributed by atoms with Gasteiger partial charge in [-0.25, -0.2) is 9.78 Å². The van der Waals surface area contributed by atoms with Crippen LogP contribution >= 0.6 is 0 Å². The zero-order valence-corrected chi connectivity index (χ0v) is 22.0. The molecule has 14 nitrogen and oxygen atoms in total. The van der Waals surface area contributed by atoms with Gasteiger partial charge in [0.25, 0.3) is 11.2 Å². The molecular weight excluding hydrogens is 508 g/mol. The minimum absolute atomic E-state index is 0.00779. The van der Waals surface area contributed by atoms with Crippen molar-refractivity contribution in [2.24, 2.45) is 0 Å². The smallest absolute Gasteiger partial charge is 0.332 e. The van der Waals surface area contributed by atoms with Crippen LogP contribution < -0.4 is 11.2 Å². The normalized spacial score (nSPS) is 11.6. The Hall–Kier alpha value is -4.17. The number of nitro groups is 1. The number of nitrogens with zero attached hydrogens (tertiary/aromatic N) is 8. The van der Waals surface area contributed by atoms with E-state index in [1.54, 1.807) is 16.7 Å². The van der Waals surface area contributed by atoms with E-state index in [1.165, 1.54) is 27.7 Å². The van der Waals surface area contributed by atoms with Crippen LogP contribution in [-0.4, -0.2) is 70.1 Å². The lowest BCUT2D eigenvalue weighted by Crippen LogP contribution is -2.41. The molecule has 0 unspecified atom stereocenters. The fourth-order valence-electron chi connectivity index (χ4n) is 4.62. The van der Waals surface area contributed by atoms with E-state index in [4.69, 9.17) is 9.40 Å². The standard InChI is InChI=1S/C25H32N8O6/c1-3-9-32-24(35)22-23(31(25(32)36)10-8-18-6-5-7-19(15-18)33(37)38)27-20(16-21-28-26-17-39-21)30(22)12-11-29(4-2)13-14-34/h5-7,15,17,34H,3-4,8-14,16H2,1-2H3. The summed E-state index contributed by atoms with van der Waals surface area (Å²) in [5, 5.41) is 28.3. The Morgan fingerprint density at radius 2 is 1.92 bits per heavy atom. The van der Waals surface area contributed by atoms with E-state index in [-0.39, 0.29) is 43.0 Å². The molecule has 14 heteroatoms. The van der Waals surface area contributed by atoms with E-state index in [2.05, 4.69) is 10.2 Å². The first-order valence-corrected chi connectivity index (χ1v) is 12.9. The first-order chi connectivity index (χ1) is 18.9. The Bertz CT molecular complexity index is 1540. The van der Waals surface area contributed by atoms with E-state index in [9.17, 15) is 24.8 Å². The molecule has 0 aliphatic heterocycles. The number of aliphatic hydroxyl groups excluding tert-OH is 1. The van der Waals surface area contributed by atoms with Gasteiger partial charge >= 0.3 is 5.69 Å². The number of benzene rings is 1. The molecular formula is C25H32N8O6. The number of likely N-dealkylation sites (N-methyl/N-ethyl adjacent to an activating group) is 1. The fourth-order valence-corrected chi connectivity index (χ4v) is 4.62. The van der Waals surface area contributed by atoms with Crippen LogP contribution in [0, 0.1) is 10.1 Å². The highest BCUT2D eigenvalue weighted by Gasteiger charge is 2.23. The summed E-state index contributed by atoms with van der Waals surface area (Å²) in [5.41, 5.74) is 0.266. The van der Waals surface area contributed by atoms with Gasteiger partial charge in [-0.2, -0.15) is 0 Å². The zero-order valence-electron chi connectivity index (χ0n) is 22.0. The van der Waals surface area contributed by atoms with Gasteiger partial charge in [-0.1, -0.05) is 26.0 Å². The Morgan fingerprint density at radius 3 is 2.59 bits per heavy atom. The van der Waals surface area contributed by atoms with Crippen molar-refractivity contribution in [3.05, 3.63) is 78.9 Å². The monoisotopic (exact) mass is 540 g/mol. The second-order valence-corrected chi connectivity index (χ2v) is 9.09. The molecule has 0 aliphatic rings. The van der Waals surface area contributed by atoms with E-state index >= 15 is 0 Å². The highest BCUT2D eigenvalue weighted by Crippen LogP contribution is 2.18.